The molecule has 1 aromatic carbocycles. The first-order chi connectivity index (χ1) is 17.6. The molecule has 2 N–H and O–H groups in total. The van der Waals surface area contributed by atoms with Crippen LogP contribution >= 0.6 is 0 Å². The first-order valence-electron chi connectivity index (χ1n) is 13.9. The highest BCUT2D eigenvalue weighted by Crippen LogP contribution is 2.30. The van der Waals surface area contributed by atoms with Crippen LogP contribution < -0.4 is 10.1 Å². The summed E-state index contributed by atoms with van der Waals surface area (Å²) in [7, 11) is 0. The number of carbonyl (C=O) groups excluding carboxylic acids is 2. The van der Waals surface area contributed by atoms with Crippen LogP contribution in [0.1, 0.15) is 82.6 Å². The summed E-state index contributed by atoms with van der Waals surface area (Å²) in [5.41, 5.74) is 1.93. The minimum Gasteiger partial charge on any atom is -0.494 e. The molecule has 0 aromatic heterocycles. The first-order valence-corrected chi connectivity index (χ1v) is 13.9. The predicted octanol–water partition coefficient (Wildman–Crippen LogP) is 4.13. The molecule has 0 unspecified atom stereocenters. The van der Waals surface area contributed by atoms with E-state index >= 15 is 0 Å². The molecule has 198 valence electrons. The van der Waals surface area contributed by atoms with Gasteiger partial charge < -0.3 is 19.6 Å². The molecule has 0 bridgehead atoms. The van der Waals surface area contributed by atoms with Crippen LogP contribution in [0.4, 0.5) is 5.69 Å². The van der Waals surface area contributed by atoms with Crippen LogP contribution in [0.15, 0.2) is 23.2 Å². The summed E-state index contributed by atoms with van der Waals surface area (Å²) < 4.78 is 5.94. The fraction of sp³-hybridized carbons (Fsp3) is 0.679. The molecule has 36 heavy (non-hydrogen) atoms. The maximum absolute atomic E-state index is 12.7. The van der Waals surface area contributed by atoms with Gasteiger partial charge in [0.05, 0.1) is 18.9 Å². The van der Waals surface area contributed by atoms with Crippen LogP contribution in [0.25, 0.3) is 0 Å². The molecule has 8 heteroatoms. The number of carbonyl (C=O) groups is 2. The zero-order valence-electron chi connectivity index (χ0n) is 21.6. The van der Waals surface area contributed by atoms with E-state index in [1.165, 1.54) is 44.9 Å². The molecule has 2 amide bonds. The lowest BCUT2D eigenvalue weighted by molar-refractivity contribution is -0.132. The second-order valence-electron chi connectivity index (χ2n) is 10.4. The van der Waals surface area contributed by atoms with E-state index in [1.54, 1.807) is 0 Å². The molecule has 1 saturated heterocycles. The molecule has 1 saturated carbocycles. The lowest BCUT2D eigenvalue weighted by Crippen LogP contribution is -2.34. The third kappa shape index (κ3) is 7.69. The Bertz CT molecular complexity index is 913. The highest BCUT2D eigenvalue weighted by molar-refractivity contribution is 6.05. The number of guanidine groups is 1. The summed E-state index contributed by atoms with van der Waals surface area (Å²) in [5, 5.41) is 12.2. The number of hydrogen-bond acceptors (Lipinski definition) is 6. The van der Waals surface area contributed by atoms with E-state index in [2.05, 4.69) is 10.3 Å². The van der Waals surface area contributed by atoms with Gasteiger partial charge in [0.1, 0.15) is 12.3 Å². The number of aliphatic hydroxyl groups excluding tert-OH is 1. The number of ether oxygens (including phenoxy) is 1. The largest absolute Gasteiger partial charge is 0.494 e. The molecule has 2 heterocycles. The van der Waals surface area contributed by atoms with Gasteiger partial charge in [-0.15, -0.1) is 0 Å². The van der Waals surface area contributed by atoms with Crippen molar-refractivity contribution in [3.05, 3.63) is 23.8 Å². The topological polar surface area (TPSA) is 94.5 Å². The summed E-state index contributed by atoms with van der Waals surface area (Å²) in [6.45, 7) is 2.83. The van der Waals surface area contributed by atoms with Crippen molar-refractivity contribution in [1.29, 1.82) is 0 Å². The van der Waals surface area contributed by atoms with Gasteiger partial charge in [0, 0.05) is 31.6 Å². The van der Waals surface area contributed by atoms with Crippen LogP contribution in [-0.2, 0) is 16.1 Å². The van der Waals surface area contributed by atoms with Crippen molar-refractivity contribution in [3.63, 3.8) is 0 Å². The lowest BCUT2D eigenvalue weighted by Gasteiger charge is -2.24. The average Bonchev–Trinajstić information content (AvgIpc) is 3.25. The minimum atomic E-state index is -0.0225. The van der Waals surface area contributed by atoms with Crippen molar-refractivity contribution in [1.82, 2.24) is 15.1 Å². The van der Waals surface area contributed by atoms with Gasteiger partial charge in [-0.25, -0.2) is 4.99 Å². The molecule has 2 aliphatic heterocycles. The van der Waals surface area contributed by atoms with Gasteiger partial charge in [-0.2, -0.15) is 0 Å². The van der Waals surface area contributed by atoms with Crippen LogP contribution in [0.2, 0.25) is 0 Å². The van der Waals surface area contributed by atoms with E-state index < -0.39 is 0 Å². The number of fused-ring (bicyclic) bond motifs is 2. The summed E-state index contributed by atoms with van der Waals surface area (Å²) in [4.78, 5) is 32.5. The molecule has 1 aliphatic carbocycles. The van der Waals surface area contributed by atoms with Crippen LogP contribution in [-0.4, -0.2) is 65.5 Å². The molecule has 3 aliphatic rings. The summed E-state index contributed by atoms with van der Waals surface area (Å²) in [5.74, 6) is 2.47. The van der Waals surface area contributed by atoms with Gasteiger partial charge in [-0.05, 0) is 49.8 Å². The first kappa shape index (κ1) is 26.5. The third-order valence-corrected chi connectivity index (χ3v) is 7.57. The number of aliphatic hydroxyl groups is 1. The van der Waals surface area contributed by atoms with Gasteiger partial charge in [0.2, 0.25) is 17.8 Å². The molecule has 0 radical (unpaired) electrons. The van der Waals surface area contributed by atoms with Crippen LogP contribution in [0.5, 0.6) is 5.75 Å². The maximum Gasteiger partial charge on any atom is 0.246 e. The number of benzene rings is 1. The second kappa shape index (κ2) is 13.6. The molecule has 2 fully saturated rings. The maximum atomic E-state index is 12.7. The summed E-state index contributed by atoms with van der Waals surface area (Å²) >= 11 is 0. The van der Waals surface area contributed by atoms with E-state index in [9.17, 15) is 14.7 Å². The van der Waals surface area contributed by atoms with Crippen molar-refractivity contribution in [2.24, 2.45) is 10.9 Å². The Balaban J connectivity index is 1.09. The number of rotatable bonds is 14. The minimum absolute atomic E-state index is 0.0225. The highest BCUT2D eigenvalue weighted by Gasteiger charge is 2.29. The quantitative estimate of drug-likeness (QED) is 0.376. The number of unbranched alkanes of at least 4 members (excludes halogenated alkanes) is 3. The fourth-order valence-electron chi connectivity index (χ4n) is 5.52. The predicted molar refractivity (Wildman–Crippen MR) is 140 cm³/mol. The molecule has 0 atom stereocenters. The van der Waals surface area contributed by atoms with Crippen LogP contribution in [0.3, 0.4) is 0 Å². The molecular weight excluding hydrogens is 456 g/mol. The van der Waals surface area contributed by atoms with E-state index in [4.69, 9.17) is 4.74 Å². The number of aliphatic imine (C=N–C) groups is 1. The molecule has 1 aromatic rings. The number of hydrogen-bond donors (Lipinski definition) is 2. The molecule has 0 spiro atoms. The zero-order chi connectivity index (χ0) is 25.2. The van der Waals surface area contributed by atoms with Crippen LogP contribution in [0, 0.1) is 5.92 Å². The van der Waals surface area contributed by atoms with Gasteiger partial charge in [-0.3, -0.25) is 14.9 Å². The Kier molecular flexibility index (Phi) is 10.0. The molecule has 4 rings (SSSR count). The van der Waals surface area contributed by atoms with E-state index in [-0.39, 0.29) is 18.4 Å². The van der Waals surface area contributed by atoms with Crippen molar-refractivity contribution in [3.8, 4) is 5.75 Å². The Morgan fingerprint density at radius 2 is 1.94 bits per heavy atom. The standard InChI is InChI=1S/C28H42N4O4/c33-17-16-31(15-7-6-11-22-9-3-1-4-10-22)27(35)12-5-2-8-18-36-24-13-14-25-23(19-24)20-32-21-26(34)30-28(32)29-25/h13-14,19,22,33H,1-12,15-18,20-21H2,(H,29,30,34). The Morgan fingerprint density at radius 1 is 1.08 bits per heavy atom. The summed E-state index contributed by atoms with van der Waals surface area (Å²) in [6, 6.07) is 5.85. The smallest absolute Gasteiger partial charge is 0.246 e. The summed E-state index contributed by atoms with van der Waals surface area (Å²) in [6.07, 6.45) is 13.6. The van der Waals surface area contributed by atoms with Crippen molar-refractivity contribution < 1.29 is 19.4 Å². The van der Waals surface area contributed by atoms with Crippen molar-refractivity contribution in [2.75, 3.05) is 32.8 Å². The third-order valence-electron chi connectivity index (χ3n) is 7.57. The van der Waals surface area contributed by atoms with Gasteiger partial charge in [0.25, 0.3) is 0 Å². The molecular formula is C28H42N4O4. The van der Waals surface area contributed by atoms with Gasteiger partial charge in [-0.1, -0.05) is 44.9 Å². The Morgan fingerprint density at radius 3 is 2.78 bits per heavy atom. The normalized spacial score (nSPS) is 17.3. The van der Waals surface area contributed by atoms with Gasteiger partial charge >= 0.3 is 0 Å². The monoisotopic (exact) mass is 498 g/mol. The zero-order valence-corrected chi connectivity index (χ0v) is 21.6. The Labute approximate surface area is 215 Å². The lowest BCUT2D eigenvalue weighted by atomic mass is 9.86. The van der Waals surface area contributed by atoms with Crippen molar-refractivity contribution >= 4 is 23.5 Å². The van der Waals surface area contributed by atoms with Crippen molar-refractivity contribution in [2.45, 2.75) is 83.6 Å². The Hall–Kier alpha value is -2.61. The fourth-order valence-corrected chi connectivity index (χ4v) is 5.52. The number of amides is 2. The van der Waals surface area contributed by atoms with Gasteiger partial charge in [0.15, 0.2) is 0 Å². The SMILES string of the molecule is O=C1CN2Cc3cc(OCCCCCC(=O)N(CCO)CCCCC4CCCCC4)ccc3N=C2N1. The van der Waals surface area contributed by atoms with E-state index in [0.29, 0.717) is 38.6 Å². The van der Waals surface area contributed by atoms with E-state index in [0.717, 1.165) is 55.1 Å². The van der Waals surface area contributed by atoms with E-state index in [1.807, 2.05) is 28.0 Å². The number of nitrogens with zero attached hydrogens (tertiary/aromatic N) is 3. The number of nitrogens with one attached hydrogen (secondary N) is 1. The average molecular weight is 499 g/mol. The second-order valence-corrected chi connectivity index (χ2v) is 10.4. The highest BCUT2D eigenvalue weighted by atomic mass is 16.5. The molecule has 8 nitrogen and oxygen atoms in total.